The van der Waals surface area contributed by atoms with Crippen LogP contribution >= 0.6 is 15.9 Å². The van der Waals surface area contributed by atoms with E-state index in [4.69, 9.17) is 4.74 Å². The minimum Gasteiger partial charge on any atom is -0.473 e. The average molecular weight is 351 g/mol. The molecule has 0 amide bonds. The van der Waals surface area contributed by atoms with Gasteiger partial charge in [0.1, 0.15) is 12.4 Å². The number of aromatic nitrogens is 1. The van der Waals surface area contributed by atoms with Crippen molar-refractivity contribution in [1.29, 1.82) is 0 Å². The lowest BCUT2D eigenvalue weighted by Gasteiger charge is -2.11. The number of hydrogen-bond donors (Lipinski definition) is 1. The van der Waals surface area contributed by atoms with Crippen molar-refractivity contribution >= 4 is 15.9 Å². The first-order chi connectivity index (χ1) is 10.2. The van der Waals surface area contributed by atoms with E-state index in [1.807, 2.05) is 24.3 Å². The largest absolute Gasteiger partial charge is 0.473 e. The molecule has 0 bridgehead atoms. The standard InChI is InChI=1S/C16H16BrFN2O/c17-13-3-1-11(2-4-13)10-21-16-12(7-14(18)9-20-16)8-19-15-5-6-15/h1-4,7,9,15,19H,5-6,8,10H2. The maximum atomic E-state index is 13.3. The van der Waals surface area contributed by atoms with Gasteiger partial charge in [0.2, 0.25) is 5.88 Å². The first-order valence-corrected chi connectivity index (χ1v) is 7.75. The topological polar surface area (TPSA) is 34.1 Å². The molecule has 21 heavy (non-hydrogen) atoms. The van der Waals surface area contributed by atoms with Gasteiger partial charge in [-0.05, 0) is 36.6 Å². The first kappa shape index (κ1) is 14.5. The maximum absolute atomic E-state index is 13.3. The Labute approximate surface area is 131 Å². The minimum atomic E-state index is -0.335. The monoisotopic (exact) mass is 350 g/mol. The predicted molar refractivity (Wildman–Crippen MR) is 82.5 cm³/mol. The molecule has 3 nitrogen and oxygen atoms in total. The number of rotatable bonds is 6. The van der Waals surface area contributed by atoms with Gasteiger partial charge in [0, 0.05) is 22.6 Å². The normalized spacial score (nSPS) is 14.2. The summed E-state index contributed by atoms with van der Waals surface area (Å²) in [6.45, 7) is 1.01. The van der Waals surface area contributed by atoms with E-state index >= 15 is 0 Å². The third kappa shape index (κ3) is 4.25. The van der Waals surface area contributed by atoms with Gasteiger partial charge in [-0.15, -0.1) is 0 Å². The van der Waals surface area contributed by atoms with Gasteiger partial charge in [-0.3, -0.25) is 0 Å². The molecule has 110 valence electrons. The van der Waals surface area contributed by atoms with Crippen LogP contribution < -0.4 is 10.1 Å². The van der Waals surface area contributed by atoms with Crippen molar-refractivity contribution in [2.75, 3.05) is 0 Å². The zero-order valence-electron chi connectivity index (χ0n) is 11.5. The molecule has 0 radical (unpaired) electrons. The molecule has 1 aliphatic rings. The van der Waals surface area contributed by atoms with Crippen molar-refractivity contribution in [2.45, 2.75) is 32.0 Å². The second kappa shape index (κ2) is 6.54. The Balaban J connectivity index is 1.66. The molecule has 3 rings (SSSR count). The number of benzene rings is 1. The summed E-state index contributed by atoms with van der Waals surface area (Å²) >= 11 is 3.40. The predicted octanol–water partition coefficient (Wildman–Crippen LogP) is 3.81. The van der Waals surface area contributed by atoms with Crippen LogP contribution in [0.1, 0.15) is 24.0 Å². The van der Waals surface area contributed by atoms with Gasteiger partial charge in [-0.2, -0.15) is 0 Å². The molecule has 1 aliphatic carbocycles. The summed E-state index contributed by atoms with van der Waals surface area (Å²) in [5, 5.41) is 3.35. The molecular weight excluding hydrogens is 335 g/mol. The average Bonchev–Trinajstić information content (AvgIpc) is 3.30. The van der Waals surface area contributed by atoms with Crippen molar-refractivity contribution in [3.8, 4) is 5.88 Å². The molecular formula is C16H16BrFN2O. The smallest absolute Gasteiger partial charge is 0.218 e. The van der Waals surface area contributed by atoms with Crippen LogP contribution in [0, 0.1) is 5.82 Å². The number of pyridine rings is 1. The van der Waals surface area contributed by atoms with Crippen LogP contribution in [-0.2, 0) is 13.2 Å². The molecule has 0 aliphatic heterocycles. The zero-order chi connectivity index (χ0) is 14.7. The summed E-state index contributed by atoms with van der Waals surface area (Å²) in [7, 11) is 0. The molecule has 2 aromatic rings. The van der Waals surface area contributed by atoms with E-state index < -0.39 is 0 Å². The Morgan fingerprint density at radius 3 is 2.76 bits per heavy atom. The van der Waals surface area contributed by atoms with Gasteiger partial charge < -0.3 is 10.1 Å². The van der Waals surface area contributed by atoms with Gasteiger partial charge in [0.05, 0.1) is 6.20 Å². The van der Waals surface area contributed by atoms with Crippen molar-refractivity contribution in [3.63, 3.8) is 0 Å². The van der Waals surface area contributed by atoms with Crippen LogP contribution in [0.25, 0.3) is 0 Å². The quantitative estimate of drug-likeness (QED) is 0.859. The van der Waals surface area contributed by atoms with Gasteiger partial charge in [-0.1, -0.05) is 28.1 Å². The molecule has 1 fully saturated rings. The zero-order valence-corrected chi connectivity index (χ0v) is 13.1. The summed E-state index contributed by atoms with van der Waals surface area (Å²) in [6.07, 6.45) is 3.58. The third-order valence-electron chi connectivity index (χ3n) is 3.34. The van der Waals surface area contributed by atoms with Crippen LogP contribution in [-0.4, -0.2) is 11.0 Å². The van der Waals surface area contributed by atoms with E-state index in [2.05, 4.69) is 26.2 Å². The second-order valence-corrected chi connectivity index (χ2v) is 6.10. The van der Waals surface area contributed by atoms with Crippen molar-refractivity contribution in [1.82, 2.24) is 10.3 Å². The van der Waals surface area contributed by atoms with Crippen molar-refractivity contribution < 1.29 is 9.13 Å². The van der Waals surface area contributed by atoms with Crippen LogP contribution in [0.3, 0.4) is 0 Å². The summed E-state index contributed by atoms with van der Waals surface area (Å²) in [4.78, 5) is 4.06. The van der Waals surface area contributed by atoms with Crippen molar-refractivity contribution in [2.24, 2.45) is 0 Å². The highest BCUT2D eigenvalue weighted by molar-refractivity contribution is 9.10. The first-order valence-electron chi connectivity index (χ1n) is 6.96. The fraction of sp³-hybridized carbons (Fsp3) is 0.312. The lowest BCUT2D eigenvalue weighted by Crippen LogP contribution is -2.16. The molecule has 0 atom stereocenters. The highest BCUT2D eigenvalue weighted by Gasteiger charge is 2.21. The van der Waals surface area contributed by atoms with E-state index in [-0.39, 0.29) is 5.82 Å². The van der Waals surface area contributed by atoms with E-state index in [1.54, 1.807) is 0 Å². The van der Waals surface area contributed by atoms with E-state index in [0.29, 0.717) is 25.1 Å². The minimum absolute atomic E-state index is 0.335. The Kier molecular flexibility index (Phi) is 4.51. The molecule has 5 heteroatoms. The molecule has 1 heterocycles. The van der Waals surface area contributed by atoms with E-state index in [9.17, 15) is 4.39 Å². The van der Waals surface area contributed by atoms with Crippen LogP contribution in [0.2, 0.25) is 0 Å². The van der Waals surface area contributed by atoms with Gasteiger partial charge in [0.25, 0.3) is 0 Å². The Bertz CT molecular complexity index is 614. The highest BCUT2D eigenvalue weighted by Crippen LogP contribution is 2.22. The molecule has 0 spiro atoms. The Morgan fingerprint density at radius 1 is 1.29 bits per heavy atom. The van der Waals surface area contributed by atoms with E-state index in [0.717, 1.165) is 15.6 Å². The van der Waals surface area contributed by atoms with Crippen LogP contribution in [0.5, 0.6) is 5.88 Å². The molecule has 0 unspecified atom stereocenters. The van der Waals surface area contributed by atoms with Gasteiger partial charge in [-0.25, -0.2) is 9.37 Å². The van der Waals surface area contributed by atoms with Gasteiger partial charge in [0.15, 0.2) is 0 Å². The lowest BCUT2D eigenvalue weighted by molar-refractivity contribution is 0.288. The Hall–Kier alpha value is -1.46. The number of halogens is 2. The summed E-state index contributed by atoms with van der Waals surface area (Å²) in [6, 6.07) is 9.94. The number of ether oxygens (including phenoxy) is 1. The number of nitrogens with one attached hydrogen (secondary N) is 1. The van der Waals surface area contributed by atoms with Gasteiger partial charge >= 0.3 is 0 Å². The SMILES string of the molecule is Fc1cnc(OCc2ccc(Br)cc2)c(CNC2CC2)c1. The molecule has 1 aromatic heterocycles. The number of hydrogen-bond acceptors (Lipinski definition) is 3. The summed E-state index contributed by atoms with van der Waals surface area (Å²) in [5.41, 5.74) is 1.81. The summed E-state index contributed by atoms with van der Waals surface area (Å²) in [5.74, 6) is 0.158. The van der Waals surface area contributed by atoms with Crippen LogP contribution in [0.4, 0.5) is 4.39 Å². The van der Waals surface area contributed by atoms with Crippen molar-refractivity contribution in [3.05, 3.63) is 57.9 Å². The van der Waals surface area contributed by atoms with E-state index in [1.165, 1.54) is 25.1 Å². The highest BCUT2D eigenvalue weighted by atomic mass is 79.9. The fourth-order valence-electron chi connectivity index (χ4n) is 2.00. The molecule has 1 aromatic carbocycles. The lowest BCUT2D eigenvalue weighted by atomic mass is 10.2. The maximum Gasteiger partial charge on any atom is 0.218 e. The second-order valence-electron chi connectivity index (χ2n) is 5.19. The number of nitrogens with zero attached hydrogens (tertiary/aromatic N) is 1. The van der Waals surface area contributed by atoms with Crippen LogP contribution in [0.15, 0.2) is 41.0 Å². The summed E-state index contributed by atoms with van der Waals surface area (Å²) < 4.78 is 20.1. The molecule has 1 saturated carbocycles. The molecule has 1 N–H and O–H groups in total. The molecule has 0 saturated heterocycles. The fourth-order valence-corrected chi connectivity index (χ4v) is 2.26. The Morgan fingerprint density at radius 2 is 2.05 bits per heavy atom. The third-order valence-corrected chi connectivity index (χ3v) is 3.87.